The summed E-state index contributed by atoms with van der Waals surface area (Å²) in [7, 11) is 1.19. The Morgan fingerprint density at radius 1 is 0.432 bits per heavy atom. The molecule has 0 aromatic rings. The maximum atomic E-state index is 13.6. The van der Waals surface area contributed by atoms with Gasteiger partial charge >= 0.3 is 5.97 Å². The highest BCUT2D eigenvalue weighted by Crippen LogP contribution is 2.38. The molecule has 0 spiro atoms. The fraction of sp³-hybridized carbons (Fsp3) is 0.859. The molecule has 476 valence electrons. The third-order valence-corrected chi connectivity index (χ3v) is 16.7. The molecule has 0 aromatic carbocycles. The summed E-state index contributed by atoms with van der Waals surface area (Å²) in [6.07, 6.45) is 76.5. The molecule has 0 saturated carbocycles. The Balaban J connectivity index is 5.12. The molecule has 0 radical (unpaired) electrons. The molecule has 0 aliphatic carbocycles. The van der Waals surface area contributed by atoms with Crippen molar-refractivity contribution in [3.05, 3.63) is 48.6 Å². The van der Waals surface area contributed by atoms with Crippen LogP contribution in [-0.2, 0) is 27.9 Å². The van der Waals surface area contributed by atoms with Crippen LogP contribution in [0.5, 0.6) is 0 Å². The smallest absolute Gasteiger partial charge is 0.306 e. The van der Waals surface area contributed by atoms with Crippen LogP contribution in [0.2, 0.25) is 0 Å². The van der Waals surface area contributed by atoms with E-state index in [4.69, 9.17) is 13.8 Å². The van der Waals surface area contributed by atoms with Crippen molar-refractivity contribution < 1.29 is 37.3 Å². The number of hydrogen-bond donors (Lipinski definition) is 1. The summed E-state index contributed by atoms with van der Waals surface area (Å²) in [5, 5.41) is 3.05. The predicted molar refractivity (Wildman–Crippen MR) is 349 cm³/mol. The van der Waals surface area contributed by atoms with Crippen LogP contribution < -0.4 is 10.2 Å². The zero-order valence-corrected chi connectivity index (χ0v) is 55.4. The van der Waals surface area contributed by atoms with Gasteiger partial charge in [0.25, 0.3) is 7.82 Å². The van der Waals surface area contributed by atoms with Crippen LogP contribution in [0.15, 0.2) is 48.6 Å². The minimum absolute atomic E-state index is 0.0218. The van der Waals surface area contributed by atoms with E-state index in [9.17, 15) is 19.0 Å². The van der Waals surface area contributed by atoms with E-state index in [-0.39, 0.29) is 31.5 Å². The van der Waals surface area contributed by atoms with E-state index in [0.717, 1.165) is 64.2 Å². The van der Waals surface area contributed by atoms with Crippen molar-refractivity contribution in [3.63, 3.8) is 0 Å². The Kier molecular flexibility index (Phi) is 59.5. The number of quaternary nitrogens is 1. The van der Waals surface area contributed by atoms with Crippen LogP contribution in [0.25, 0.3) is 0 Å². The van der Waals surface area contributed by atoms with E-state index >= 15 is 0 Å². The van der Waals surface area contributed by atoms with Crippen molar-refractivity contribution in [2.75, 3.05) is 40.9 Å². The van der Waals surface area contributed by atoms with Gasteiger partial charge in [0, 0.05) is 12.8 Å². The standard InChI is InChI=1S/C71H135N2O7P/c1-7-10-13-16-19-22-25-28-30-32-34-35-36-37-39-40-42-45-48-51-54-57-60-63-70(74)72-68(67-79-81(76,77)78-66-65-73(4,5)6)69(62-59-56-53-50-47-44-27-24-21-18-15-12-9-3)80-71(75)64-61-58-55-52-49-46-43-41-38-33-31-29-26-23-20-17-14-11-8-2/h20,23,28-31,59,62,68-69H,7-19,21-22,24-27,32-58,60-61,63-67H2,1-6H3,(H-,72,74,76,77)/b23-20-,30-28+,31-29-,62-59-. The Hall–Kier alpha value is -2.03. The number of nitrogens with zero attached hydrogens (tertiary/aromatic N) is 1. The monoisotopic (exact) mass is 1160 g/mol. The van der Waals surface area contributed by atoms with Crippen molar-refractivity contribution in [2.45, 2.75) is 354 Å². The first-order valence-electron chi connectivity index (χ1n) is 34.9. The Labute approximate surface area is 503 Å². The summed E-state index contributed by atoms with van der Waals surface area (Å²) in [6, 6.07) is -0.890. The second kappa shape index (κ2) is 61.1. The van der Waals surface area contributed by atoms with Crippen LogP contribution in [-0.4, -0.2) is 69.4 Å². The lowest BCUT2D eigenvalue weighted by atomic mass is 10.0. The normalized spacial score (nSPS) is 13.8. The van der Waals surface area contributed by atoms with Gasteiger partial charge in [0.05, 0.1) is 33.8 Å². The number of phosphoric ester groups is 1. The molecule has 1 N–H and O–H groups in total. The van der Waals surface area contributed by atoms with E-state index in [2.05, 4.69) is 62.5 Å². The summed E-state index contributed by atoms with van der Waals surface area (Å²) >= 11 is 0. The minimum atomic E-state index is -4.70. The van der Waals surface area contributed by atoms with E-state index in [1.165, 1.54) is 244 Å². The summed E-state index contributed by atoms with van der Waals surface area (Å²) in [5.74, 6) is -0.531. The number of esters is 1. The molecule has 1 amide bonds. The van der Waals surface area contributed by atoms with E-state index in [1.807, 2.05) is 33.3 Å². The number of ether oxygens (including phenoxy) is 1. The van der Waals surface area contributed by atoms with Gasteiger partial charge in [0.1, 0.15) is 19.3 Å². The van der Waals surface area contributed by atoms with Gasteiger partial charge in [-0.15, -0.1) is 0 Å². The summed E-state index contributed by atoms with van der Waals surface area (Å²) in [6.45, 7) is 6.86. The van der Waals surface area contributed by atoms with Crippen LogP contribution in [0, 0.1) is 0 Å². The first kappa shape index (κ1) is 79.0. The molecule has 0 aliphatic heterocycles. The highest BCUT2D eigenvalue weighted by molar-refractivity contribution is 7.45. The lowest BCUT2D eigenvalue weighted by molar-refractivity contribution is -0.870. The molecule has 9 nitrogen and oxygen atoms in total. The number of amides is 1. The van der Waals surface area contributed by atoms with Crippen molar-refractivity contribution in [2.24, 2.45) is 0 Å². The van der Waals surface area contributed by atoms with Gasteiger partial charge < -0.3 is 28.5 Å². The van der Waals surface area contributed by atoms with Crippen molar-refractivity contribution in [1.82, 2.24) is 5.32 Å². The molecule has 0 fully saturated rings. The summed E-state index contributed by atoms with van der Waals surface area (Å²) in [5.41, 5.74) is 0. The first-order valence-corrected chi connectivity index (χ1v) is 36.4. The van der Waals surface area contributed by atoms with Crippen molar-refractivity contribution in [3.8, 4) is 0 Å². The molecule has 81 heavy (non-hydrogen) atoms. The zero-order chi connectivity index (χ0) is 59.3. The third kappa shape index (κ3) is 62.3. The van der Waals surface area contributed by atoms with Crippen LogP contribution in [0.4, 0.5) is 0 Å². The van der Waals surface area contributed by atoms with Gasteiger partial charge in [-0.3, -0.25) is 14.2 Å². The topological polar surface area (TPSA) is 114 Å². The van der Waals surface area contributed by atoms with Gasteiger partial charge in [-0.1, -0.05) is 288 Å². The molecule has 0 aromatic heterocycles. The Morgan fingerprint density at radius 2 is 0.753 bits per heavy atom. The van der Waals surface area contributed by atoms with Crippen molar-refractivity contribution >= 4 is 19.7 Å². The van der Waals surface area contributed by atoms with Gasteiger partial charge in [-0.2, -0.15) is 0 Å². The van der Waals surface area contributed by atoms with Crippen LogP contribution >= 0.6 is 7.82 Å². The molecule has 0 rings (SSSR count). The molecule has 10 heteroatoms. The SMILES string of the molecule is CCCCC/C=C\C/C=C\CCCCCCCCCCCC(=O)OC(/C=C\CCCCCCCCCCCCC)C(COP(=O)([O-])OCC[N+](C)(C)C)NC(=O)CCCCCCCCCCCCCCC/C=C/CCCCCCCC. The van der Waals surface area contributed by atoms with Gasteiger partial charge in [-0.25, -0.2) is 0 Å². The van der Waals surface area contributed by atoms with Gasteiger partial charge in [0.15, 0.2) is 0 Å². The number of carbonyl (C=O) groups is 2. The lowest BCUT2D eigenvalue weighted by Gasteiger charge is -2.30. The fourth-order valence-corrected chi connectivity index (χ4v) is 11.0. The number of rotatable bonds is 64. The third-order valence-electron chi connectivity index (χ3n) is 15.7. The Morgan fingerprint density at radius 3 is 1.15 bits per heavy atom. The number of phosphoric acid groups is 1. The molecule has 0 heterocycles. The van der Waals surface area contributed by atoms with Crippen molar-refractivity contribution in [1.29, 1.82) is 0 Å². The first-order chi connectivity index (χ1) is 39.4. The molecular formula is C71H135N2O7P. The summed E-state index contributed by atoms with van der Waals surface area (Å²) in [4.78, 5) is 40.2. The predicted octanol–water partition coefficient (Wildman–Crippen LogP) is 21.4. The van der Waals surface area contributed by atoms with Gasteiger partial charge in [-0.05, 0) is 89.5 Å². The molecule has 3 unspecified atom stereocenters. The maximum Gasteiger partial charge on any atom is 0.306 e. The molecule has 0 saturated heterocycles. The number of hydrogen-bond acceptors (Lipinski definition) is 7. The number of likely N-dealkylation sites (N-methyl/N-ethyl adjacent to an activating group) is 1. The Bertz CT molecular complexity index is 1520. The second-order valence-electron chi connectivity index (χ2n) is 25.0. The summed E-state index contributed by atoms with van der Waals surface area (Å²) < 4.78 is 30.4. The second-order valence-corrected chi connectivity index (χ2v) is 26.4. The largest absolute Gasteiger partial charge is 0.756 e. The van der Waals surface area contributed by atoms with Crippen LogP contribution in [0.3, 0.4) is 0 Å². The number of carbonyl (C=O) groups excluding carboxylic acids is 2. The average Bonchev–Trinajstić information content (AvgIpc) is 3.44. The fourth-order valence-electron chi connectivity index (χ4n) is 10.3. The number of unbranched alkanes of at least 4 members (excludes halogenated alkanes) is 42. The molecule has 0 bridgehead atoms. The lowest BCUT2D eigenvalue weighted by Crippen LogP contribution is -2.47. The quantitative estimate of drug-likeness (QED) is 0.0212. The van der Waals surface area contributed by atoms with E-state index < -0.39 is 20.0 Å². The van der Waals surface area contributed by atoms with E-state index in [0.29, 0.717) is 17.4 Å². The number of nitrogens with one attached hydrogen (secondary N) is 1. The molecule has 0 aliphatic rings. The number of allylic oxidation sites excluding steroid dienone is 7. The molecular weight excluding hydrogens is 1020 g/mol. The van der Waals surface area contributed by atoms with Gasteiger partial charge in [0.2, 0.25) is 5.91 Å². The molecule has 3 atom stereocenters. The maximum absolute atomic E-state index is 13.6. The minimum Gasteiger partial charge on any atom is -0.756 e. The zero-order valence-electron chi connectivity index (χ0n) is 54.5. The average molecular weight is 1160 g/mol. The highest BCUT2D eigenvalue weighted by Gasteiger charge is 2.27. The van der Waals surface area contributed by atoms with Crippen LogP contribution in [0.1, 0.15) is 342 Å². The highest BCUT2D eigenvalue weighted by atomic mass is 31.2. The van der Waals surface area contributed by atoms with E-state index in [1.54, 1.807) is 0 Å².